The molecule has 3 rings (SSSR count). The highest BCUT2D eigenvalue weighted by molar-refractivity contribution is 5.94. The van der Waals surface area contributed by atoms with Crippen LogP contribution in [0.15, 0.2) is 30.6 Å². The number of hydrogen-bond donors (Lipinski definition) is 0. The molecule has 0 spiro atoms. The van der Waals surface area contributed by atoms with E-state index in [4.69, 9.17) is 5.26 Å². The molecule has 0 aliphatic carbocycles. The molecule has 0 bridgehead atoms. The third kappa shape index (κ3) is 2.05. The van der Waals surface area contributed by atoms with Crippen LogP contribution < -0.4 is 0 Å². The molecule has 0 saturated carbocycles. The van der Waals surface area contributed by atoms with Crippen LogP contribution >= 0.6 is 0 Å². The highest BCUT2D eigenvalue weighted by Crippen LogP contribution is 2.19. The maximum absolute atomic E-state index is 12.5. The van der Waals surface area contributed by atoms with Crippen LogP contribution in [0.5, 0.6) is 0 Å². The van der Waals surface area contributed by atoms with E-state index in [9.17, 15) is 4.79 Å². The van der Waals surface area contributed by atoms with Gasteiger partial charge < -0.3 is 9.47 Å². The van der Waals surface area contributed by atoms with Crippen molar-refractivity contribution in [2.24, 2.45) is 7.05 Å². The number of amides is 1. The van der Waals surface area contributed by atoms with E-state index in [-0.39, 0.29) is 5.91 Å². The van der Waals surface area contributed by atoms with E-state index in [0.29, 0.717) is 24.2 Å². The Kier molecular flexibility index (Phi) is 2.99. The van der Waals surface area contributed by atoms with Crippen LogP contribution in [0.1, 0.15) is 27.3 Å². The van der Waals surface area contributed by atoms with Gasteiger partial charge in [-0.25, -0.2) is 4.98 Å². The fourth-order valence-corrected chi connectivity index (χ4v) is 2.49. The second-order valence-electron chi connectivity index (χ2n) is 4.92. The Balaban J connectivity index is 1.85. The monoisotopic (exact) mass is 266 g/mol. The highest BCUT2D eigenvalue weighted by Gasteiger charge is 2.24. The topological polar surface area (TPSA) is 61.9 Å². The van der Waals surface area contributed by atoms with Gasteiger partial charge in [-0.3, -0.25) is 4.79 Å². The minimum Gasteiger partial charge on any atom is -0.336 e. The second kappa shape index (κ2) is 4.82. The van der Waals surface area contributed by atoms with Gasteiger partial charge in [0.15, 0.2) is 0 Å². The number of benzene rings is 1. The van der Waals surface area contributed by atoms with Gasteiger partial charge in [0.25, 0.3) is 5.91 Å². The van der Waals surface area contributed by atoms with E-state index < -0.39 is 0 Å². The summed E-state index contributed by atoms with van der Waals surface area (Å²) in [6, 6.07) is 8.89. The van der Waals surface area contributed by atoms with Crippen LogP contribution in [0.4, 0.5) is 0 Å². The van der Waals surface area contributed by atoms with Gasteiger partial charge in [-0.05, 0) is 18.2 Å². The van der Waals surface area contributed by atoms with Crippen molar-refractivity contribution >= 4 is 5.91 Å². The lowest BCUT2D eigenvalue weighted by Crippen LogP contribution is -2.36. The lowest BCUT2D eigenvalue weighted by atomic mass is 10.1. The first kappa shape index (κ1) is 12.4. The lowest BCUT2D eigenvalue weighted by Gasteiger charge is -2.27. The first-order chi connectivity index (χ1) is 9.69. The largest absolute Gasteiger partial charge is 0.336 e. The number of rotatable bonds is 1. The average Bonchev–Trinajstić information content (AvgIpc) is 2.87. The van der Waals surface area contributed by atoms with Crippen molar-refractivity contribution in [3.8, 4) is 6.07 Å². The number of carbonyl (C=O) groups is 1. The SMILES string of the molecule is Cn1cnc2c1CN(C(=O)c1cccc(C#N)c1)CC2. The summed E-state index contributed by atoms with van der Waals surface area (Å²) in [7, 11) is 1.94. The Labute approximate surface area is 117 Å². The molecule has 1 aliphatic rings. The van der Waals surface area contributed by atoms with Crippen molar-refractivity contribution in [1.29, 1.82) is 5.26 Å². The molecule has 1 aliphatic heterocycles. The highest BCUT2D eigenvalue weighted by atomic mass is 16.2. The summed E-state index contributed by atoms with van der Waals surface area (Å²) in [6.07, 6.45) is 2.56. The number of aryl methyl sites for hydroxylation is 1. The molecule has 0 unspecified atom stereocenters. The molecule has 0 atom stereocenters. The maximum Gasteiger partial charge on any atom is 0.254 e. The molecule has 20 heavy (non-hydrogen) atoms. The van der Waals surface area contributed by atoms with Crippen molar-refractivity contribution in [2.75, 3.05) is 6.54 Å². The molecular formula is C15H14N4O. The number of nitriles is 1. The van der Waals surface area contributed by atoms with Crippen molar-refractivity contribution in [1.82, 2.24) is 14.5 Å². The van der Waals surface area contributed by atoms with Gasteiger partial charge in [0.2, 0.25) is 0 Å². The Morgan fingerprint density at radius 1 is 1.45 bits per heavy atom. The molecule has 1 amide bonds. The molecule has 1 aromatic carbocycles. The van der Waals surface area contributed by atoms with Crippen molar-refractivity contribution < 1.29 is 4.79 Å². The van der Waals surface area contributed by atoms with Gasteiger partial charge in [-0.1, -0.05) is 6.07 Å². The molecule has 2 heterocycles. The predicted molar refractivity (Wildman–Crippen MR) is 72.8 cm³/mol. The molecule has 2 aromatic rings. The molecule has 100 valence electrons. The molecule has 1 aromatic heterocycles. The fraction of sp³-hybridized carbons (Fsp3) is 0.267. The van der Waals surface area contributed by atoms with E-state index >= 15 is 0 Å². The molecule has 0 N–H and O–H groups in total. The number of fused-ring (bicyclic) bond motifs is 1. The number of nitrogens with zero attached hydrogens (tertiary/aromatic N) is 4. The summed E-state index contributed by atoms with van der Waals surface area (Å²) < 4.78 is 1.96. The van der Waals surface area contributed by atoms with Gasteiger partial charge in [-0.15, -0.1) is 0 Å². The summed E-state index contributed by atoms with van der Waals surface area (Å²) in [6.45, 7) is 1.24. The average molecular weight is 266 g/mol. The standard InChI is InChI=1S/C15H14N4O/c1-18-10-17-13-5-6-19(9-14(13)18)15(20)12-4-2-3-11(7-12)8-16/h2-4,7,10H,5-6,9H2,1H3. The van der Waals surface area contributed by atoms with E-state index in [1.165, 1.54) is 0 Å². The summed E-state index contributed by atoms with van der Waals surface area (Å²) in [5, 5.41) is 8.91. The van der Waals surface area contributed by atoms with Crippen LogP contribution in [0.2, 0.25) is 0 Å². The summed E-state index contributed by atoms with van der Waals surface area (Å²) >= 11 is 0. The van der Waals surface area contributed by atoms with Crippen LogP contribution in [0.3, 0.4) is 0 Å². The van der Waals surface area contributed by atoms with Gasteiger partial charge in [0.1, 0.15) is 0 Å². The third-order valence-electron chi connectivity index (χ3n) is 3.63. The van der Waals surface area contributed by atoms with Crippen molar-refractivity contribution in [3.05, 3.63) is 53.1 Å². The van der Waals surface area contributed by atoms with Crippen LogP contribution in [0, 0.1) is 11.3 Å². The van der Waals surface area contributed by atoms with Gasteiger partial charge in [-0.2, -0.15) is 5.26 Å². The van der Waals surface area contributed by atoms with Crippen molar-refractivity contribution in [3.63, 3.8) is 0 Å². The third-order valence-corrected chi connectivity index (χ3v) is 3.63. The summed E-state index contributed by atoms with van der Waals surface area (Å²) in [5.41, 5.74) is 3.23. The number of carbonyl (C=O) groups excluding carboxylic acids is 1. The zero-order valence-electron chi connectivity index (χ0n) is 11.2. The molecule has 0 saturated heterocycles. The molecule has 0 fully saturated rings. The first-order valence-electron chi connectivity index (χ1n) is 6.47. The maximum atomic E-state index is 12.5. The zero-order valence-corrected chi connectivity index (χ0v) is 11.2. The van der Waals surface area contributed by atoms with E-state index in [1.54, 1.807) is 35.5 Å². The zero-order chi connectivity index (χ0) is 14.1. The molecule has 5 nitrogen and oxygen atoms in total. The minimum atomic E-state index is -0.0334. The van der Waals surface area contributed by atoms with Crippen LogP contribution in [0.25, 0.3) is 0 Å². The quantitative estimate of drug-likeness (QED) is 0.785. The number of hydrogen-bond acceptors (Lipinski definition) is 3. The number of imidazole rings is 1. The van der Waals surface area contributed by atoms with E-state index in [1.807, 2.05) is 11.6 Å². The Morgan fingerprint density at radius 2 is 2.30 bits per heavy atom. The molecule has 5 heteroatoms. The van der Waals surface area contributed by atoms with Gasteiger partial charge >= 0.3 is 0 Å². The molecule has 0 radical (unpaired) electrons. The van der Waals surface area contributed by atoms with Gasteiger partial charge in [0, 0.05) is 25.6 Å². The lowest BCUT2D eigenvalue weighted by molar-refractivity contribution is 0.0730. The minimum absolute atomic E-state index is 0.0334. The smallest absolute Gasteiger partial charge is 0.254 e. The van der Waals surface area contributed by atoms with Crippen molar-refractivity contribution in [2.45, 2.75) is 13.0 Å². The second-order valence-corrected chi connectivity index (χ2v) is 4.92. The Hall–Kier alpha value is -2.61. The molecular weight excluding hydrogens is 252 g/mol. The fourth-order valence-electron chi connectivity index (χ4n) is 2.49. The van der Waals surface area contributed by atoms with E-state index in [2.05, 4.69) is 11.1 Å². The summed E-state index contributed by atoms with van der Waals surface area (Å²) in [5.74, 6) is -0.0334. The summed E-state index contributed by atoms with van der Waals surface area (Å²) in [4.78, 5) is 18.6. The Morgan fingerprint density at radius 3 is 3.10 bits per heavy atom. The van der Waals surface area contributed by atoms with Crippen LogP contribution in [-0.4, -0.2) is 26.9 Å². The van der Waals surface area contributed by atoms with Crippen LogP contribution in [-0.2, 0) is 20.0 Å². The Bertz CT molecular complexity index is 711. The first-order valence-corrected chi connectivity index (χ1v) is 6.47. The van der Waals surface area contributed by atoms with E-state index in [0.717, 1.165) is 17.8 Å². The predicted octanol–water partition coefficient (Wildman–Crippen LogP) is 1.49. The van der Waals surface area contributed by atoms with Gasteiger partial charge in [0.05, 0.1) is 35.9 Å². The normalized spacial score (nSPS) is 13.7. The number of aromatic nitrogens is 2.